The van der Waals surface area contributed by atoms with Gasteiger partial charge in [-0.3, -0.25) is 0 Å². The van der Waals surface area contributed by atoms with Gasteiger partial charge in [-0.1, -0.05) is 49.4 Å². The molecule has 0 aromatic heterocycles. The van der Waals surface area contributed by atoms with Crippen LogP contribution in [-0.4, -0.2) is 5.75 Å². The van der Waals surface area contributed by atoms with E-state index in [0.29, 0.717) is 0 Å². The third-order valence-corrected chi connectivity index (χ3v) is 4.23. The first-order valence-electron chi connectivity index (χ1n) is 6.98. The highest BCUT2D eigenvalue weighted by Crippen LogP contribution is 2.27. The number of rotatable bonds is 7. The van der Waals surface area contributed by atoms with Gasteiger partial charge in [0, 0.05) is 22.9 Å². The van der Waals surface area contributed by atoms with Crippen LogP contribution in [0.4, 0.5) is 5.69 Å². The molecule has 0 heterocycles. The topological polar surface area (TPSA) is 12.0 Å². The van der Waals surface area contributed by atoms with Crippen LogP contribution in [0.2, 0.25) is 0 Å². The average Bonchev–Trinajstić information content (AvgIpc) is 2.52. The minimum absolute atomic E-state index is 0.857. The van der Waals surface area contributed by atoms with Gasteiger partial charge in [-0.2, -0.15) is 0 Å². The highest BCUT2D eigenvalue weighted by atomic mass is 32.2. The molecule has 104 valence electrons. The third-order valence-electron chi connectivity index (χ3n) is 3.16. The Bertz CT molecular complexity index is 546. The minimum atomic E-state index is 0.857. The van der Waals surface area contributed by atoms with Gasteiger partial charge in [0.15, 0.2) is 0 Å². The fourth-order valence-corrected chi connectivity index (χ4v) is 2.75. The molecule has 0 aliphatic heterocycles. The Hall–Kier alpha value is -1.67. The van der Waals surface area contributed by atoms with Crippen LogP contribution in [0.1, 0.15) is 18.1 Å². The Labute approximate surface area is 126 Å². The number of aryl methyl sites for hydroxylation is 1. The smallest absolute Gasteiger partial charge is 0.0481 e. The molecular weight excluding hydrogens is 262 g/mol. The highest BCUT2D eigenvalue weighted by molar-refractivity contribution is 7.99. The first kappa shape index (κ1) is 14.7. The minimum Gasteiger partial charge on any atom is -0.380 e. The summed E-state index contributed by atoms with van der Waals surface area (Å²) < 4.78 is 0. The van der Waals surface area contributed by atoms with Crippen molar-refractivity contribution in [2.75, 3.05) is 11.1 Å². The number of benzene rings is 2. The lowest BCUT2D eigenvalue weighted by Crippen LogP contribution is -2.00. The van der Waals surface area contributed by atoms with Gasteiger partial charge in [0.05, 0.1) is 0 Å². The van der Waals surface area contributed by atoms with E-state index in [1.54, 1.807) is 0 Å². The summed E-state index contributed by atoms with van der Waals surface area (Å²) in [5, 5.41) is 3.52. The van der Waals surface area contributed by atoms with Gasteiger partial charge in [0.2, 0.25) is 0 Å². The molecule has 0 aliphatic rings. The lowest BCUT2D eigenvalue weighted by atomic mass is 10.1. The molecule has 0 fully saturated rings. The average molecular weight is 283 g/mol. The zero-order chi connectivity index (χ0) is 14.2. The van der Waals surface area contributed by atoms with Crippen LogP contribution in [0, 0.1) is 0 Å². The summed E-state index contributed by atoms with van der Waals surface area (Å²) in [5.41, 5.74) is 3.89. The van der Waals surface area contributed by atoms with Crippen LogP contribution < -0.4 is 5.32 Å². The van der Waals surface area contributed by atoms with E-state index in [4.69, 9.17) is 0 Å². The maximum Gasteiger partial charge on any atom is 0.0481 e. The SMILES string of the molecule is C=CCSc1ccccc1NCc1ccc(CC)cc1. The molecule has 0 unspecified atom stereocenters. The molecule has 2 aromatic carbocycles. The molecule has 0 aliphatic carbocycles. The molecule has 0 bridgehead atoms. The largest absolute Gasteiger partial charge is 0.380 e. The summed E-state index contributed by atoms with van der Waals surface area (Å²) in [7, 11) is 0. The second-order valence-electron chi connectivity index (χ2n) is 4.62. The van der Waals surface area contributed by atoms with E-state index in [-0.39, 0.29) is 0 Å². The van der Waals surface area contributed by atoms with Crippen LogP contribution >= 0.6 is 11.8 Å². The molecule has 2 heteroatoms. The van der Waals surface area contributed by atoms with Gasteiger partial charge in [-0.15, -0.1) is 18.3 Å². The first-order chi connectivity index (χ1) is 9.83. The molecule has 0 radical (unpaired) electrons. The van der Waals surface area contributed by atoms with Crippen LogP contribution in [0.25, 0.3) is 0 Å². The molecule has 0 atom stereocenters. The summed E-state index contributed by atoms with van der Waals surface area (Å²) in [5.74, 6) is 0.934. The van der Waals surface area contributed by atoms with E-state index in [9.17, 15) is 0 Å². The van der Waals surface area contributed by atoms with E-state index < -0.39 is 0 Å². The Morgan fingerprint density at radius 3 is 2.45 bits per heavy atom. The molecule has 0 saturated carbocycles. The molecule has 1 nitrogen and oxygen atoms in total. The van der Waals surface area contributed by atoms with Gasteiger partial charge < -0.3 is 5.32 Å². The standard InChI is InChI=1S/C18H21NS/c1-3-13-20-18-8-6-5-7-17(18)19-14-16-11-9-15(4-2)10-12-16/h3,5-12,19H,1,4,13-14H2,2H3. The zero-order valence-corrected chi connectivity index (χ0v) is 12.7. The van der Waals surface area contributed by atoms with Crippen LogP contribution in [-0.2, 0) is 13.0 Å². The summed E-state index contributed by atoms with van der Waals surface area (Å²) in [6.07, 6.45) is 3.03. The van der Waals surface area contributed by atoms with Crippen molar-refractivity contribution >= 4 is 17.4 Å². The summed E-state index contributed by atoms with van der Waals surface area (Å²) in [6.45, 7) is 6.81. The quantitative estimate of drug-likeness (QED) is 0.558. The number of hydrogen-bond acceptors (Lipinski definition) is 2. The van der Waals surface area contributed by atoms with E-state index in [2.05, 4.69) is 67.4 Å². The van der Waals surface area contributed by atoms with E-state index >= 15 is 0 Å². The van der Waals surface area contributed by atoms with Crippen LogP contribution in [0.15, 0.2) is 66.1 Å². The Morgan fingerprint density at radius 1 is 1.05 bits per heavy atom. The van der Waals surface area contributed by atoms with Crippen molar-refractivity contribution in [2.45, 2.75) is 24.8 Å². The van der Waals surface area contributed by atoms with E-state index in [1.807, 2.05) is 17.8 Å². The number of anilines is 1. The molecule has 0 saturated heterocycles. The summed E-state index contributed by atoms with van der Waals surface area (Å²) >= 11 is 1.81. The van der Waals surface area contributed by atoms with Crippen molar-refractivity contribution < 1.29 is 0 Å². The maximum absolute atomic E-state index is 3.77. The number of nitrogens with one attached hydrogen (secondary N) is 1. The normalized spacial score (nSPS) is 10.2. The Morgan fingerprint density at radius 2 is 1.75 bits per heavy atom. The molecule has 20 heavy (non-hydrogen) atoms. The summed E-state index contributed by atoms with van der Waals surface area (Å²) in [4.78, 5) is 1.28. The highest BCUT2D eigenvalue weighted by Gasteiger charge is 2.01. The maximum atomic E-state index is 3.77. The second-order valence-corrected chi connectivity index (χ2v) is 5.68. The van der Waals surface area contributed by atoms with Gasteiger partial charge in [-0.25, -0.2) is 0 Å². The van der Waals surface area contributed by atoms with Crippen molar-refractivity contribution in [1.29, 1.82) is 0 Å². The molecule has 2 rings (SSSR count). The molecule has 0 spiro atoms. The lowest BCUT2D eigenvalue weighted by molar-refractivity contribution is 1.10. The fourth-order valence-electron chi connectivity index (χ4n) is 1.98. The molecular formula is C18H21NS. The number of hydrogen-bond donors (Lipinski definition) is 1. The predicted octanol–water partition coefficient (Wildman–Crippen LogP) is 5.14. The molecule has 1 N–H and O–H groups in total. The van der Waals surface area contributed by atoms with E-state index in [0.717, 1.165) is 18.7 Å². The Balaban J connectivity index is 2.00. The van der Waals surface area contributed by atoms with Crippen molar-refractivity contribution in [3.05, 3.63) is 72.3 Å². The number of thioether (sulfide) groups is 1. The van der Waals surface area contributed by atoms with Crippen LogP contribution in [0.3, 0.4) is 0 Å². The van der Waals surface area contributed by atoms with Crippen LogP contribution in [0.5, 0.6) is 0 Å². The van der Waals surface area contributed by atoms with E-state index in [1.165, 1.54) is 21.7 Å². The van der Waals surface area contributed by atoms with Crippen molar-refractivity contribution in [3.63, 3.8) is 0 Å². The second kappa shape index (κ2) is 7.81. The molecule has 2 aromatic rings. The molecule has 0 amide bonds. The Kier molecular flexibility index (Phi) is 5.75. The van der Waals surface area contributed by atoms with Gasteiger partial charge in [0.25, 0.3) is 0 Å². The zero-order valence-electron chi connectivity index (χ0n) is 11.9. The summed E-state index contributed by atoms with van der Waals surface area (Å²) in [6, 6.07) is 17.2. The van der Waals surface area contributed by atoms with Crippen molar-refractivity contribution in [3.8, 4) is 0 Å². The monoisotopic (exact) mass is 283 g/mol. The fraction of sp³-hybridized carbons (Fsp3) is 0.222. The first-order valence-corrected chi connectivity index (χ1v) is 7.96. The van der Waals surface area contributed by atoms with Crippen molar-refractivity contribution in [2.24, 2.45) is 0 Å². The number of para-hydroxylation sites is 1. The van der Waals surface area contributed by atoms with Gasteiger partial charge in [0.1, 0.15) is 0 Å². The van der Waals surface area contributed by atoms with Gasteiger partial charge >= 0.3 is 0 Å². The third kappa shape index (κ3) is 4.17. The van der Waals surface area contributed by atoms with Gasteiger partial charge in [-0.05, 0) is 29.7 Å². The van der Waals surface area contributed by atoms with Crippen molar-refractivity contribution in [1.82, 2.24) is 0 Å². The predicted molar refractivity (Wildman–Crippen MR) is 90.5 cm³/mol. The lowest BCUT2D eigenvalue weighted by Gasteiger charge is -2.11.